The number of nitrogens with zero attached hydrogens (tertiary/aromatic N) is 6. The van der Waals surface area contributed by atoms with E-state index in [9.17, 15) is 0 Å². The smallest absolute Gasteiger partial charge is 0.255 e. The topological polar surface area (TPSA) is 78.1 Å². The molecule has 0 spiro atoms. The van der Waals surface area contributed by atoms with Gasteiger partial charge < -0.3 is 4.74 Å². The second-order valence-corrected chi connectivity index (χ2v) is 6.94. The van der Waals surface area contributed by atoms with Crippen LogP contribution in [0.3, 0.4) is 0 Å². The first kappa shape index (κ1) is 16.2. The highest BCUT2D eigenvalue weighted by Gasteiger charge is 2.30. The van der Waals surface area contributed by atoms with E-state index >= 15 is 0 Å². The Labute approximate surface area is 150 Å². The lowest BCUT2D eigenvalue weighted by Crippen LogP contribution is -2.17. The zero-order valence-corrected chi connectivity index (χ0v) is 14.9. The van der Waals surface area contributed by atoms with Crippen LogP contribution in [0.1, 0.15) is 44.2 Å². The minimum absolute atomic E-state index is 0.332. The Balaban J connectivity index is 1.99. The molecule has 0 atom stereocenters. The van der Waals surface area contributed by atoms with Crippen molar-refractivity contribution in [3.05, 3.63) is 29.6 Å². The first-order chi connectivity index (χ1) is 12.2. The van der Waals surface area contributed by atoms with Crippen LogP contribution in [0.2, 0.25) is 5.02 Å². The van der Waals surface area contributed by atoms with E-state index in [1.165, 1.54) is 25.5 Å². The van der Waals surface area contributed by atoms with Crippen molar-refractivity contribution in [1.29, 1.82) is 0 Å². The lowest BCUT2D eigenvalue weighted by molar-refractivity contribution is 0.339. The van der Waals surface area contributed by atoms with E-state index in [0.29, 0.717) is 28.3 Å². The van der Waals surface area contributed by atoms with E-state index in [1.807, 2.05) is 0 Å². The van der Waals surface area contributed by atoms with Crippen molar-refractivity contribution in [2.45, 2.75) is 38.5 Å². The van der Waals surface area contributed by atoms with Gasteiger partial charge in [0.1, 0.15) is 12.7 Å². The molecule has 1 aliphatic carbocycles. The van der Waals surface area contributed by atoms with Crippen LogP contribution in [-0.4, -0.2) is 36.7 Å². The van der Waals surface area contributed by atoms with Gasteiger partial charge in [0.15, 0.2) is 0 Å². The summed E-state index contributed by atoms with van der Waals surface area (Å²) >= 11 is 6.39. The van der Waals surface area contributed by atoms with Crippen molar-refractivity contribution in [2.75, 3.05) is 7.11 Å². The molecule has 0 saturated heterocycles. The lowest BCUT2D eigenvalue weighted by atomic mass is 9.80. The molecule has 7 nitrogen and oxygen atoms in total. The van der Waals surface area contributed by atoms with Crippen molar-refractivity contribution in [2.24, 2.45) is 5.92 Å². The Morgan fingerprint density at radius 1 is 1.16 bits per heavy atom. The van der Waals surface area contributed by atoms with E-state index in [0.717, 1.165) is 30.0 Å². The number of methoxy groups -OCH3 is 1. The van der Waals surface area contributed by atoms with Crippen LogP contribution in [-0.2, 0) is 0 Å². The minimum atomic E-state index is 0.332. The molecular weight excluding hydrogens is 340 g/mol. The molecule has 0 N–H and O–H groups in total. The number of ether oxygens (including phenoxy) is 1. The molecule has 0 bridgehead atoms. The van der Waals surface area contributed by atoms with Crippen LogP contribution in [0.25, 0.3) is 17.0 Å². The van der Waals surface area contributed by atoms with Gasteiger partial charge in [-0.25, -0.2) is 14.5 Å². The van der Waals surface area contributed by atoms with E-state index in [4.69, 9.17) is 16.3 Å². The summed E-state index contributed by atoms with van der Waals surface area (Å²) in [6.45, 7) is 2.30. The third-order valence-corrected chi connectivity index (χ3v) is 5.21. The van der Waals surface area contributed by atoms with Gasteiger partial charge in [0.05, 0.1) is 29.1 Å². The number of rotatable bonds is 3. The summed E-state index contributed by atoms with van der Waals surface area (Å²) in [6, 6.07) is 0. The second kappa shape index (κ2) is 6.55. The molecule has 1 aliphatic rings. The Hall–Kier alpha value is -2.28. The van der Waals surface area contributed by atoms with Crippen molar-refractivity contribution < 1.29 is 4.74 Å². The first-order valence-electron chi connectivity index (χ1n) is 8.42. The van der Waals surface area contributed by atoms with Crippen LogP contribution in [0.5, 0.6) is 5.88 Å². The number of hydrogen-bond donors (Lipinski definition) is 0. The van der Waals surface area contributed by atoms with E-state index in [2.05, 4.69) is 32.0 Å². The summed E-state index contributed by atoms with van der Waals surface area (Å²) in [5.41, 5.74) is 2.42. The number of hydrogen-bond acceptors (Lipinski definition) is 6. The quantitative estimate of drug-likeness (QED) is 0.712. The average molecular weight is 359 g/mol. The Bertz CT molecular complexity index is 903. The molecule has 1 fully saturated rings. The van der Waals surface area contributed by atoms with Crippen molar-refractivity contribution in [3.63, 3.8) is 0 Å². The monoisotopic (exact) mass is 358 g/mol. The predicted molar refractivity (Wildman–Crippen MR) is 93.7 cm³/mol. The van der Waals surface area contributed by atoms with E-state index < -0.39 is 0 Å². The molecule has 0 aliphatic heterocycles. The zero-order chi connectivity index (χ0) is 17.4. The average Bonchev–Trinajstić information content (AvgIpc) is 3.10. The van der Waals surface area contributed by atoms with Crippen molar-refractivity contribution in [3.8, 4) is 17.1 Å². The zero-order valence-electron chi connectivity index (χ0n) is 14.2. The van der Waals surface area contributed by atoms with Gasteiger partial charge in [0, 0.05) is 12.1 Å². The van der Waals surface area contributed by atoms with Gasteiger partial charge in [-0.05, 0) is 18.8 Å². The van der Waals surface area contributed by atoms with Gasteiger partial charge in [-0.1, -0.05) is 31.4 Å². The molecular formula is C17H19ClN6O. The van der Waals surface area contributed by atoms with Gasteiger partial charge in [-0.15, -0.1) is 0 Å². The van der Waals surface area contributed by atoms with Crippen LogP contribution in [0, 0.1) is 5.92 Å². The molecule has 0 amide bonds. The Kier molecular flexibility index (Phi) is 4.25. The molecule has 130 valence electrons. The van der Waals surface area contributed by atoms with Crippen molar-refractivity contribution in [1.82, 2.24) is 29.5 Å². The fourth-order valence-electron chi connectivity index (χ4n) is 3.62. The number of aromatic nitrogens is 6. The predicted octanol–water partition coefficient (Wildman–Crippen LogP) is 3.54. The maximum absolute atomic E-state index is 6.39. The highest BCUT2D eigenvalue weighted by atomic mass is 35.5. The molecule has 1 saturated carbocycles. The van der Waals surface area contributed by atoms with Gasteiger partial charge >= 0.3 is 0 Å². The van der Waals surface area contributed by atoms with Crippen LogP contribution < -0.4 is 4.74 Å². The largest absolute Gasteiger partial charge is 0.480 e. The maximum atomic E-state index is 6.39. The molecule has 0 radical (unpaired) electrons. The fraction of sp³-hybridized carbons (Fsp3) is 0.471. The molecule has 0 unspecified atom stereocenters. The van der Waals surface area contributed by atoms with Crippen LogP contribution in [0.4, 0.5) is 0 Å². The van der Waals surface area contributed by atoms with Gasteiger partial charge in [-0.3, -0.25) is 0 Å². The van der Waals surface area contributed by atoms with Gasteiger partial charge in [0.25, 0.3) is 5.78 Å². The summed E-state index contributed by atoms with van der Waals surface area (Å²) in [5, 5.41) is 4.87. The summed E-state index contributed by atoms with van der Waals surface area (Å²) in [5.74, 6) is 2.07. The normalized spacial score (nSPS) is 20.8. The first-order valence-corrected chi connectivity index (χ1v) is 8.80. The fourth-order valence-corrected chi connectivity index (χ4v) is 3.82. The molecule has 3 aromatic rings. The van der Waals surface area contributed by atoms with Gasteiger partial charge in [-0.2, -0.15) is 15.1 Å². The second-order valence-electron chi connectivity index (χ2n) is 6.53. The van der Waals surface area contributed by atoms with Crippen LogP contribution >= 0.6 is 11.6 Å². The molecule has 4 rings (SSSR count). The number of fused-ring (bicyclic) bond motifs is 1. The highest BCUT2D eigenvalue weighted by Crippen LogP contribution is 2.43. The molecule has 3 aromatic heterocycles. The Morgan fingerprint density at radius 2 is 1.96 bits per heavy atom. The Morgan fingerprint density at radius 3 is 2.68 bits per heavy atom. The third-order valence-electron chi connectivity index (χ3n) is 4.93. The highest BCUT2D eigenvalue weighted by molar-refractivity contribution is 6.33. The summed E-state index contributed by atoms with van der Waals surface area (Å²) < 4.78 is 7.38. The maximum Gasteiger partial charge on any atom is 0.255 e. The standard InChI is InChI=1S/C17H19ClN6O/c1-10-3-5-11(6-4-10)15-13(14-12(18)7-19-8-20-14)16(25-2)23-17-21-9-22-24(15)17/h7-11H,3-6H2,1-2H3. The summed E-state index contributed by atoms with van der Waals surface area (Å²) in [6.07, 6.45) is 9.12. The third kappa shape index (κ3) is 2.82. The molecule has 0 aromatic carbocycles. The minimum Gasteiger partial charge on any atom is -0.480 e. The molecule has 8 heteroatoms. The SMILES string of the molecule is COc1nc2ncnn2c(C2CCC(C)CC2)c1-c1ncncc1Cl. The summed E-state index contributed by atoms with van der Waals surface area (Å²) in [4.78, 5) is 17.1. The van der Waals surface area contributed by atoms with Crippen LogP contribution in [0.15, 0.2) is 18.9 Å². The van der Waals surface area contributed by atoms with E-state index in [-0.39, 0.29) is 0 Å². The van der Waals surface area contributed by atoms with Gasteiger partial charge in [0.2, 0.25) is 5.88 Å². The summed E-state index contributed by atoms with van der Waals surface area (Å²) in [7, 11) is 1.60. The lowest BCUT2D eigenvalue weighted by Gasteiger charge is -2.28. The molecule has 3 heterocycles. The molecule has 25 heavy (non-hydrogen) atoms. The number of halogens is 1. The van der Waals surface area contributed by atoms with E-state index in [1.54, 1.807) is 17.8 Å². The van der Waals surface area contributed by atoms with Crippen molar-refractivity contribution >= 4 is 17.4 Å².